The van der Waals surface area contributed by atoms with Crippen molar-refractivity contribution < 1.29 is 4.79 Å². The van der Waals surface area contributed by atoms with E-state index in [0.29, 0.717) is 12.3 Å². The molecule has 0 saturated carbocycles. The molecule has 20 heavy (non-hydrogen) atoms. The normalized spacial score (nSPS) is 22.9. The first-order chi connectivity index (χ1) is 9.53. The van der Waals surface area contributed by atoms with E-state index >= 15 is 0 Å². The van der Waals surface area contributed by atoms with Crippen LogP contribution in [0.4, 0.5) is 0 Å². The Morgan fingerprint density at radius 2 is 2.05 bits per heavy atom. The number of hydrogen-bond acceptors (Lipinski definition) is 3. The van der Waals surface area contributed by atoms with E-state index in [1.54, 1.807) is 11.3 Å². The van der Waals surface area contributed by atoms with Crippen LogP contribution < -0.4 is 0 Å². The Bertz CT molecular complexity index is 714. The molecule has 0 spiro atoms. The summed E-state index contributed by atoms with van der Waals surface area (Å²) in [6, 6.07) is 8.56. The van der Waals surface area contributed by atoms with Crippen LogP contribution in [-0.2, 0) is 12.8 Å². The predicted molar refractivity (Wildman–Crippen MR) is 80.5 cm³/mol. The van der Waals surface area contributed by atoms with Gasteiger partial charge in [0.1, 0.15) is 5.01 Å². The van der Waals surface area contributed by atoms with Gasteiger partial charge in [-0.05, 0) is 29.4 Å². The summed E-state index contributed by atoms with van der Waals surface area (Å²) in [5.41, 5.74) is 3.92. The van der Waals surface area contributed by atoms with Gasteiger partial charge in [-0.2, -0.15) is 0 Å². The molecule has 1 heterocycles. The first kappa shape index (κ1) is 12.3. The monoisotopic (exact) mass is 283 g/mol. The van der Waals surface area contributed by atoms with E-state index in [0.717, 1.165) is 28.4 Å². The second kappa shape index (κ2) is 4.01. The zero-order valence-corrected chi connectivity index (χ0v) is 12.6. The minimum atomic E-state index is 0.0624. The molecule has 0 radical (unpaired) electrons. The average molecular weight is 283 g/mol. The minimum absolute atomic E-state index is 0.0624. The Morgan fingerprint density at radius 3 is 2.85 bits per heavy atom. The van der Waals surface area contributed by atoms with E-state index in [-0.39, 0.29) is 11.2 Å². The van der Waals surface area contributed by atoms with Crippen molar-refractivity contribution in [2.45, 2.75) is 39.0 Å². The molecular formula is C17H17NOS. The summed E-state index contributed by atoms with van der Waals surface area (Å²) in [5, 5.41) is 1.14. The second-order valence-corrected chi connectivity index (χ2v) is 7.76. The Labute approximate surface area is 122 Å². The Morgan fingerprint density at radius 1 is 1.25 bits per heavy atom. The molecule has 0 fully saturated rings. The van der Waals surface area contributed by atoms with Gasteiger partial charge in [-0.15, -0.1) is 11.3 Å². The zero-order chi connectivity index (χ0) is 13.9. The van der Waals surface area contributed by atoms with Crippen LogP contribution in [0.3, 0.4) is 0 Å². The molecule has 1 aromatic carbocycles. The van der Waals surface area contributed by atoms with Gasteiger partial charge in [0, 0.05) is 12.3 Å². The van der Waals surface area contributed by atoms with Crippen molar-refractivity contribution in [3.63, 3.8) is 0 Å². The molecule has 1 unspecified atom stereocenters. The fraction of sp³-hybridized carbons (Fsp3) is 0.412. The molecule has 0 saturated heterocycles. The summed E-state index contributed by atoms with van der Waals surface area (Å²) in [5.74, 6) is 0.699. The number of aromatic nitrogens is 1. The van der Waals surface area contributed by atoms with Crippen molar-refractivity contribution in [1.29, 1.82) is 0 Å². The van der Waals surface area contributed by atoms with Crippen LogP contribution in [0.5, 0.6) is 0 Å². The van der Waals surface area contributed by atoms with Gasteiger partial charge >= 0.3 is 0 Å². The molecule has 4 rings (SSSR count). The molecular weight excluding hydrogens is 266 g/mol. The largest absolute Gasteiger partial charge is 0.293 e. The number of carbonyl (C=O) groups excluding carboxylic acids is 1. The number of ketones is 1. The van der Waals surface area contributed by atoms with Gasteiger partial charge in [0.05, 0.1) is 10.6 Å². The van der Waals surface area contributed by atoms with Gasteiger partial charge in [-0.25, -0.2) is 4.98 Å². The van der Waals surface area contributed by atoms with Crippen LogP contribution >= 0.6 is 11.3 Å². The lowest BCUT2D eigenvalue weighted by molar-refractivity contribution is 0.0916. The van der Waals surface area contributed by atoms with E-state index < -0.39 is 0 Å². The van der Waals surface area contributed by atoms with Gasteiger partial charge in [0.15, 0.2) is 5.78 Å². The summed E-state index contributed by atoms with van der Waals surface area (Å²) in [7, 11) is 0. The molecule has 2 aliphatic rings. The maximum absolute atomic E-state index is 12.3. The number of nitrogens with zero attached hydrogens (tertiary/aromatic N) is 1. The molecule has 2 aliphatic carbocycles. The fourth-order valence-electron chi connectivity index (χ4n) is 3.37. The highest BCUT2D eigenvalue weighted by Gasteiger charge is 2.36. The molecule has 3 heteroatoms. The van der Waals surface area contributed by atoms with Gasteiger partial charge in [0.25, 0.3) is 0 Å². The molecule has 0 N–H and O–H groups in total. The van der Waals surface area contributed by atoms with Crippen molar-refractivity contribution >= 4 is 17.1 Å². The van der Waals surface area contributed by atoms with E-state index in [4.69, 9.17) is 4.98 Å². The van der Waals surface area contributed by atoms with Gasteiger partial charge < -0.3 is 0 Å². The average Bonchev–Trinajstić information content (AvgIpc) is 2.72. The van der Waals surface area contributed by atoms with Crippen LogP contribution in [0.1, 0.15) is 57.7 Å². The van der Waals surface area contributed by atoms with Gasteiger partial charge in [-0.1, -0.05) is 38.1 Å². The maximum atomic E-state index is 12.3. The predicted octanol–water partition coefficient (Wildman–Crippen LogP) is 3.99. The third kappa shape index (κ3) is 1.76. The number of rotatable bonds is 1. The number of benzene rings is 1. The number of hydrogen-bond donors (Lipinski definition) is 0. The number of Topliss-reactive ketones (excluding diaryl/α,β-unsaturated/α-hetero) is 1. The lowest BCUT2D eigenvalue weighted by atomic mass is 9.77. The van der Waals surface area contributed by atoms with E-state index in [1.807, 2.05) is 0 Å². The minimum Gasteiger partial charge on any atom is -0.293 e. The molecule has 0 aliphatic heterocycles. The van der Waals surface area contributed by atoms with Crippen molar-refractivity contribution in [2.24, 2.45) is 5.41 Å². The molecule has 102 valence electrons. The molecule has 1 atom stereocenters. The topological polar surface area (TPSA) is 30.0 Å². The summed E-state index contributed by atoms with van der Waals surface area (Å²) in [6.07, 6.45) is 2.65. The fourth-order valence-corrected chi connectivity index (χ4v) is 4.51. The smallest absolute Gasteiger partial charge is 0.175 e. The quantitative estimate of drug-likeness (QED) is 0.792. The van der Waals surface area contributed by atoms with Crippen LogP contribution in [0.15, 0.2) is 24.3 Å². The van der Waals surface area contributed by atoms with Crippen LogP contribution in [-0.4, -0.2) is 10.8 Å². The molecule has 2 nitrogen and oxygen atoms in total. The lowest BCUT2D eigenvalue weighted by Crippen LogP contribution is -2.26. The summed E-state index contributed by atoms with van der Waals surface area (Å²) < 4.78 is 0. The third-order valence-corrected chi connectivity index (χ3v) is 5.66. The van der Waals surface area contributed by atoms with Gasteiger partial charge in [-0.3, -0.25) is 4.79 Å². The Balaban J connectivity index is 1.72. The highest BCUT2D eigenvalue weighted by molar-refractivity contribution is 7.14. The third-order valence-electron chi connectivity index (χ3n) is 4.40. The second-order valence-electron chi connectivity index (χ2n) is 6.72. The van der Waals surface area contributed by atoms with E-state index in [2.05, 4.69) is 38.1 Å². The summed E-state index contributed by atoms with van der Waals surface area (Å²) >= 11 is 1.63. The first-order valence-electron chi connectivity index (χ1n) is 7.14. The Kier molecular flexibility index (Phi) is 2.46. The molecule has 0 amide bonds. The molecule has 0 bridgehead atoms. The summed E-state index contributed by atoms with van der Waals surface area (Å²) in [6.45, 7) is 4.32. The van der Waals surface area contributed by atoms with E-state index in [1.165, 1.54) is 11.1 Å². The molecule has 2 aromatic rings. The highest BCUT2D eigenvalue weighted by Crippen LogP contribution is 2.44. The van der Waals surface area contributed by atoms with Crippen molar-refractivity contribution in [3.8, 4) is 0 Å². The number of thiazole rings is 1. The van der Waals surface area contributed by atoms with Crippen molar-refractivity contribution in [2.75, 3.05) is 0 Å². The van der Waals surface area contributed by atoms with Crippen LogP contribution in [0.2, 0.25) is 0 Å². The SMILES string of the molecule is CC1(C)CC(=O)c2sc(C3Cc4ccccc43)nc2C1. The van der Waals surface area contributed by atoms with Gasteiger partial charge in [0.2, 0.25) is 0 Å². The first-order valence-corrected chi connectivity index (χ1v) is 7.96. The van der Waals surface area contributed by atoms with Crippen LogP contribution in [0, 0.1) is 5.41 Å². The Hall–Kier alpha value is -1.48. The standard InChI is InChI=1S/C17H17NOS/c1-17(2)8-13-15(14(19)9-17)20-16(18-13)12-7-10-5-3-4-6-11(10)12/h3-6,12H,7-9H2,1-2H3. The van der Waals surface area contributed by atoms with Crippen LogP contribution in [0.25, 0.3) is 0 Å². The van der Waals surface area contributed by atoms with Crippen molar-refractivity contribution in [3.05, 3.63) is 51.0 Å². The van der Waals surface area contributed by atoms with Crippen molar-refractivity contribution in [1.82, 2.24) is 4.98 Å². The zero-order valence-electron chi connectivity index (χ0n) is 11.8. The number of fused-ring (bicyclic) bond motifs is 2. The molecule has 1 aromatic heterocycles. The van der Waals surface area contributed by atoms with E-state index in [9.17, 15) is 4.79 Å². The summed E-state index contributed by atoms with van der Waals surface area (Å²) in [4.78, 5) is 18.0. The number of carbonyl (C=O) groups is 1. The maximum Gasteiger partial charge on any atom is 0.175 e. The lowest BCUT2D eigenvalue weighted by Gasteiger charge is -2.28. The highest BCUT2D eigenvalue weighted by atomic mass is 32.1.